The number of fused-ring (bicyclic) bond motifs is 1. The average molecular weight is 324 g/mol. The van der Waals surface area contributed by atoms with Crippen molar-refractivity contribution in [2.24, 2.45) is 0 Å². The second-order valence-corrected chi connectivity index (χ2v) is 6.91. The SMILES string of the molecule is O=[N+]([O-])c1c(NCCN2CCSCC2)ccc2scnc12. The third kappa shape index (κ3) is 3.28. The van der Waals surface area contributed by atoms with E-state index in [1.54, 1.807) is 11.6 Å². The molecule has 0 unspecified atom stereocenters. The summed E-state index contributed by atoms with van der Waals surface area (Å²) >= 11 is 3.40. The van der Waals surface area contributed by atoms with Gasteiger partial charge in [0.05, 0.1) is 15.1 Å². The molecule has 0 saturated carbocycles. The molecule has 1 N–H and O–H groups in total. The molecule has 1 aliphatic heterocycles. The van der Waals surface area contributed by atoms with Gasteiger partial charge in [-0.1, -0.05) is 0 Å². The Morgan fingerprint density at radius 2 is 2.19 bits per heavy atom. The largest absolute Gasteiger partial charge is 0.378 e. The Hall–Kier alpha value is -1.38. The Balaban J connectivity index is 1.71. The summed E-state index contributed by atoms with van der Waals surface area (Å²) in [6.45, 7) is 3.81. The number of thioether (sulfide) groups is 1. The molecule has 0 bridgehead atoms. The predicted octanol–water partition coefficient (Wildman–Crippen LogP) is 2.67. The highest BCUT2D eigenvalue weighted by Crippen LogP contribution is 2.34. The molecule has 2 heterocycles. The predicted molar refractivity (Wildman–Crippen MR) is 88.5 cm³/mol. The van der Waals surface area contributed by atoms with E-state index in [4.69, 9.17) is 0 Å². The summed E-state index contributed by atoms with van der Waals surface area (Å²) in [7, 11) is 0. The fourth-order valence-corrected chi connectivity index (χ4v) is 4.08. The van der Waals surface area contributed by atoms with Crippen molar-refractivity contribution in [3.8, 4) is 0 Å². The standard InChI is InChI=1S/C13H16N4O2S2/c18-17(19)13-10(1-2-11-12(13)15-9-21-11)14-3-4-16-5-7-20-8-6-16/h1-2,9,14H,3-8H2. The van der Waals surface area contributed by atoms with Gasteiger partial charge in [0.25, 0.3) is 0 Å². The van der Waals surface area contributed by atoms with E-state index in [9.17, 15) is 10.1 Å². The van der Waals surface area contributed by atoms with E-state index >= 15 is 0 Å². The highest BCUT2D eigenvalue weighted by atomic mass is 32.2. The molecule has 6 nitrogen and oxygen atoms in total. The zero-order valence-electron chi connectivity index (χ0n) is 11.4. The van der Waals surface area contributed by atoms with E-state index in [0.717, 1.165) is 24.3 Å². The summed E-state index contributed by atoms with van der Waals surface area (Å²) in [4.78, 5) is 17.5. The Labute approximate surface area is 130 Å². The first-order chi connectivity index (χ1) is 10.3. The summed E-state index contributed by atoms with van der Waals surface area (Å²) < 4.78 is 0.848. The normalized spacial score (nSPS) is 16.2. The Bertz CT molecular complexity index is 640. The van der Waals surface area contributed by atoms with Gasteiger partial charge in [-0.25, -0.2) is 4.98 Å². The van der Waals surface area contributed by atoms with E-state index < -0.39 is 0 Å². The van der Waals surface area contributed by atoms with Crippen LogP contribution in [0.2, 0.25) is 0 Å². The maximum atomic E-state index is 11.3. The molecular weight excluding hydrogens is 308 g/mol. The zero-order chi connectivity index (χ0) is 14.7. The number of thiazole rings is 1. The fraction of sp³-hybridized carbons (Fsp3) is 0.462. The number of rotatable bonds is 5. The van der Waals surface area contributed by atoms with Crippen molar-refractivity contribution in [1.82, 2.24) is 9.88 Å². The Morgan fingerprint density at radius 1 is 1.38 bits per heavy atom. The van der Waals surface area contributed by atoms with Crippen LogP contribution in [0.4, 0.5) is 11.4 Å². The average Bonchev–Trinajstić information content (AvgIpc) is 2.96. The maximum absolute atomic E-state index is 11.3. The van der Waals surface area contributed by atoms with Crippen LogP contribution in [-0.2, 0) is 0 Å². The number of nitro groups is 1. The van der Waals surface area contributed by atoms with Crippen molar-refractivity contribution >= 4 is 44.7 Å². The lowest BCUT2D eigenvalue weighted by atomic mass is 10.2. The molecule has 1 fully saturated rings. The van der Waals surface area contributed by atoms with Gasteiger partial charge in [0.15, 0.2) is 5.52 Å². The fourth-order valence-electron chi connectivity index (χ4n) is 2.42. The first-order valence-electron chi connectivity index (χ1n) is 6.80. The molecule has 0 spiro atoms. The molecular formula is C13H16N4O2S2. The van der Waals surface area contributed by atoms with Gasteiger partial charge in [-0.2, -0.15) is 11.8 Å². The molecule has 1 aromatic carbocycles. The van der Waals surface area contributed by atoms with E-state index in [1.807, 2.05) is 17.8 Å². The zero-order valence-corrected chi connectivity index (χ0v) is 13.1. The third-order valence-corrected chi connectivity index (χ3v) is 5.24. The number of hydrogen-bond donors (Lipinski definition) is 1. The molecule has 1 aliphatic rings. The molecule has 1 aromatic heterocycles. The van der Waals surface area contributed by atoms with Gasteiger partial charge in [0.2, 0.25) is 0 Å². The lowest BCUT2D eigenvalue weighted by molar-refractivity contribution is -0.382. The minimum atomic E-state index is -0.345. The Morgan fingerprint density at radius 3 is 2.95 bits per heavy atom. The van der Waals surface area contributed by atoms with Crippen LogP contribution in [0.5, 0.6) is 0 Å². The number of benzene rings is 1. The van der Waals surface area contributed by atoms with Crippen molar-refractivity contribution in [2.75, 3.05) is 43.0 Å². The first kappa shape index (κ1) is 14.6. The highest BCUT2D eigenvalue weighted by Gasteiger charge is 2.20. The second-order valence-electron chi connectivity index (χ2n) is 4.80. The summed E-state index contributed by atoms with van der Waals surface area (Å²) in [6.07, 6.45) is 0. The maximum Gasteiger partial charge on any atom is 0.319 e. The van der Waals surface area contributed by atoms with E-state index in [-0.39, 0.29) is 10.6 Å². The van der Waals surface area contributed by atoms with Crippen molar-refractivity contribution in [3.63, 3.8) is 0 Å². The molecule has 0 atom stereocenters. The second kappa shape index (κ2) is 6.59. The van der Waals surface area contributed by atoms with Gasteiger partial charge in [-0.05, 0) is 12.1 Å². The number of aromatic nitrogens is 1. The molecule has 0 aliphatic carbocycles. The minimum Gasteiger partial charge on any atom is -0.378 e. The highest BCUT2D eigenvalue weighted by molar-refractivity contribution is 7.99. The van der Waals surface area contributed by atoms with Gasteiger partial charge < -0.3 is 5.32 Å². The molecule has 0 radical (unpaired) electrons. The minimum absolute atomic E-state index is 0.0861. The van der Waals surface area contributed by atoms with Gasteiger partial charge >= 0.3 is 5.69 Å². The van der Waals surface area contributed by atoms with Crippen LogP contribution in [0.15, 0.2) is 17.6 Å². The van der Waals surface area contributed by atoms with Crippen LogP contribution in [0.3, 0.4) is 0 Å². The molecule has 1 saturated heterocycles. The topological polar surface area (TPSA) is 71.3 Å². The van der Waals surface area contributed by atoms with Gasteiger partial charge in [0.1, 0.15) is 5.69 Å². The smallest absolute Gasteiger partial charge is 0.319 e. The van der Waals surface area contributed by atoms with Crippen molar-refractivity contribution < 1.29 is 4.92 Å². The van der Waals surface area contributed by atoms with Gasteiger partial charge in [-0.15, -0.1) is 11.3 Å². The number of nitrogens with one attached hydrogen (secondary N) is 1. The number of anilines is 1. The van der Waals surface area contributed by atoms with Crippen LogP contribution in [0, 0.1) is 10.1 Å². The summed E-state index contributed by atoms with van der Waals surface area (Å²) in [5.74, 6) is 2.34. The van der Waals surface area contributed by atoms with E-state index in [1.165, 1.54) is 22.8 Å². The number of hydrogen-bond acceptors (Lipinski definition) is 7. The molecule has 0 amide bonds. The van der Waals surface area contributed by atoms with Crippen LogP contribution in [0.1, 0.15) is 0 Å². The lowest BCUT2D eigenvalue weighted by Gasteiger charge is -2.26. The molecule has 2 aromatic rings. The summed E-state index contributed by atoms with van der Waals surface area (Å²) in [6, 6.07) is 3.67. The first-order valence-corrected chi connectivity index (χ1v) is 8.84. The van der Waals surface area contributed by atoms with Crippen molar-refractivity contribution in [1.29, 1.82) is 0 Å². The van der Waals surface area contributed by atoms with Gasteiger partial charge in [0, 0.05) is 37.7 Å². The quantitative estimate of drug-likeness (QED) is 0.673. The summed E-state index contributed by atoms with van der Waals surface area (Å²) in [5.41, 5.74) is 2.77. The molecule has 3 rings (SSSR count). The molecule has 112 valence electrons. The third-order valence-electron chi connectivity index (χ3n) is 3.51. The Kier molecular flexibility index (Phi) is 4.57. The summed E-state index contributed by atoms with van der Waals surface area (Å²) in [5, 5.41) is 14.5. The van der Waals surface area contributed by atoms with Gasteiger partial charge in [-0.3, -0.25) is 15.0 Å². The number of nitrogens with zero attached hydrogens (tertiary/aromatic N) is 3. The van der Waals surface area contributed by atoms with Crippen LogP contribution in [0.25, 0.3) is 10.2 Å². The van der Waals surface area contributed by atoms with Crippen molar-refractivity contribution in [3.05, 3.63) is 27.8 Å². The lowest BCUT2D eigenvalue weighted by Crippen LogP contribution is -2.36. The van der Waals surface area contributed by atoms with Crippen LogP contribution < -0.4 is 5.32 Å². The monoisotopic (exact) mass is 324 g/mol. The molecule has 21 heavy (non-hydrogen) atoms. The van der Waals surface area contributed by atoms with Crippen molar-refractivity contribution in [2.45, 2.75) is 0 Å². The number of nitro benzene ring substituents is 1. The van der Waals surface area contributed by atoms with E-state index in [0.29, 0.717) is 17.7 Å². The van der Waals surface area contributed by atoms with Crippen LogP contribution >= 0.6 is 23.1 Å². The van der Waals surface area contributed by atoms with E-state index in [2.05, 4.69) is 15.2 Å². The molecule has 8 heteroatoms. The van der Waals surface area contributed by atoms with Crippen LogP contribution in [-0.4, -0.2) is 52.5 Å².